The normalized spacial score (nSPS) is 21.3. The largest absolute Gasteiger partial charge is 0.467 e. The summed E-state index contributed by atoms with van der Waals surface area (Å²) >= 11 is 0. The molecular formula is C26H42N2O7. The Bertz CT molecular complexity index is 819. The van der Waals surface area contributed by atoms with Crippen LogP contribution in [0, 0.1) is 17.3 Å². The monoisotopic (exact) mass is 494 g/mol. The van der Waals surface area contributed by atoms with E-state index in [0.717, 1.165) is 32.1 Å². The molecule has 0 aromatic heterocycles. The average molecular weight is 495 g/mol. The first-order chi connectivity index (χ1) is 16.1. The first-order valence-corrected chi connectivity index (χ1v) is 12.6. The fourth-order valence-electron chi connectivity index (χ4n) is 4.91. The maximum Gasteiger partial charge on any atom is 0.329 e. The number of nitrogens with zero attached hydrogens (tertiary/aromatic N) is 1. The van der Waals surface area contributed by atoms with Crippen molar-refractivity contribution >= 4 is 29.5 Å². The first kappa shape index (κ1) is 28.8. The van der Waals surface area contributed by atoms with E-state index in [9.17, 15) is 24.0 Å². The Hall–Kier alpha value is -2.45. The van der Waals surface area contributed by atoms with Gasteiger partial charge in [0.25, 0.3) is 0 Å². The van der Waals surface area contributed by atoms with Crippen LogP contribution in [0.25, 0.3) is 0 Å². The Morgan fingerprint density at radius 3 is 2.14 bits per heavy atom. The van der Waals surface area contributed by atoms with E-state index >= 15 is 0 Å². The Labute approximate surface area is 208 Å². The van der Waals surface area contributed by atoms with Crippen molar-refractivity contribution in [1.29, 1.82) is 0 Å². The van der Waals surface area contributed by atoms with E-state index in [1.54, 1.807) is 20.8 Å². The summed E-state index contributed by atoms with van der Waals surface area (Å²) in [6.45, 7) is 10.6. The van der Waals surface area contributed by atoms with Crippen LogP contribution in [-0.2, 0) is 33.4 Å². The molecule has 0 aromatic carbocycles. The molecular weight excluding hydrogens is 452 g/mol. The molecule has 9 nitrogen and oxygen atoms in total. The Morgan fingerprint density at radius 2 is 1.63 bits per heavy atom. The topological polar surface area (TPSA) is 119 Å². The van der Waals surface area contributed by atoms with Crippen LogP contribution in [0.4, 0.5) is 0 Å². The van der Waals surface area contributed by atoms with Crippen LogP contribution in [-0.4, -0.2) is 65.8 Å². The summed E-state index contributed by atoms with van der Waals surface area (Å²) in [5.74, 6) is -2.84. The zero-order valence-electron chi connectivity index (χ0n) is 22.3. The molecule has 2 aliphatic rings. The van der Waals surface area contributed by atoms with Gasteiger partial charge >= 0.3 is 11.9 Å². The summed E-state index contributed by atoms with van der Waals surface area (Å²) in [5.41, 5.74) is -1.37. The molecule has 1 N–H and O–H groups in total. The number of methoxy groups -OCH3 is 1. The first-order valence-electron chi connectivity index (χ1n) is 12.6. The molecule has 0 bridgehead atoms. The van der Waals surface area contributed by atoms with Gasteiger partial charge in [-0.3, -0.25) is 19.2 Å². The fourth-order valence-corrected chi connectivity index (χ4v) is 4.91. The van der Waals surface area contributed by atoms with Crippen LogP contribution < -0.4 is 5.32 Å². The lowest BCUT2D eigenvalue weighted by Crippen LogP contribution is -2.58. The van der Waals surface area contributed by atoms with Gasteiger partial charge in [0.15, 0.2) is 5.78 Å². The molecule has 2 rings (SSSR count). The number of amides is 2. The molecule has 1 saturated carbocycles. The van der Waals surface area contributed by atoms with Crippen molar-refractivity contribution in [2.75, 3.05) is 13.7 Å². The Morgan fingerprint density at radius 1 is 1.03 bits per heavy atom. The molecule has 198 valence electrons. The quantitative estimate of drug-likeness (QED) is 0.541. The Balaban J connectivity index is 2.28. The summed E-state index contributed by atoms with van der Waals surface area (Å²) in [4.78, 5) is 65.3. The molecule has 2 fully saturated rings. The van der Waals surface area contributed by atoms with Gasteiger partial charge in [0.1, 0.15) is 17.7 Å². The van der Waals surface area contributed by atoms with Gasteiger partial charge in [-0.25, -0.2) is 4.79 Å². The molecule has 0 radical (unpaired) electrons. The average Bonchev–Trinajstić information content (AvgIpc) is 3.15. The predicted molar refractivity (Wildman–Crippen MR) is 129 cm³/mol. The van der Waals surface area contributed by atoms with Crippen LogP contribution in [0.1, 0.15) is 86.5 Å². The number of ether oxygens (including phenoxy) is 2. The smallest absolute Gasteiger partial charge is 0.329 e. The highest BCUT2D eigenvalue weighted by Gasteiger charge is 2.46. The van der Waals surface area contributed by atoms with E-state index in [1.807, 2.05) is 20.8 Å². The highest BCUT2D eigenvalue weighted by atomic mass is 16.6. The van der Waals surface area contributed by atoms with Gasteiger partial charge in [0.05, 0.1) is 26.0 Å². The number of carbonyl (C=O) groups excluding carboxylic acids is 5. The van der Waals surface area contributed by atoms with Crippen LogP contribution in [0.2, 0.25) is 0 Å². The van der Waals surface area contributed by atoms with Crippen LogP contribution in [0.5, 0.6) is 0 Å². The maximum absolute atomic E-state index is 13.6. The van der Waals surface area contributed by atoms with Gasteiger partial charge in [-0.2, -0.15) is 0 Å². The zero-order valence-corrected chi connectivity index (χ0v) is 22.3. The number of ketones is 1. The lowest BCUT2D eigenvalue weighted by molar-refractivity contribution is -0.159. The lowest BCUT2D eigenvalue weighted by Gasteiger charge is -2.37. The summed E-state index contributed by atoms with van der Waals surface area (Å²) in [7, 11) is 1.21. The minimum Gasteiger partial charge on any atom is -0.467 e. The molecule has 1 heterocycles. The molecule has 9 heteroatoms. The summed E-state index contributed by atoms with van der Waals surface area (Å²) in [5, 5.41) is 2.89. The molecule has 35 heavy (non-hydrogen) atoms. The third-order valence-electron chi connectivity index (χ3n) is 6.66. The number of hydrogen-bond donors (Lipinski definition) is 1. The Kier molecular flexibility index (Phi) is 9.48. The minimum absolute atomic E-state index is 0.0168. The third-order valence-corrected chi connectivity index (χ3v) is 6.66. The van der Waals surface area contributed by atoms with E-state index in [0.29, 0.717) is 0 Å². The van der Waals surface area contributed by atoms with Crippen molar-refractivity contribution in [2.45, 2.75) is 104 Å². The number of Topliss-reactive ketones (excluding diaryl/α,β-unsaturated/α-hetero) is 1. The van der Waals surface area contributed by atoms with Crippen LogP contribution in [0.15, 0.2) is 0 Å². The second-order valence-electron chi connectivity index (χ2n) is 11.9. The third kappa shape index (κ3) is 8.04. The maximum atomic E-state index is 13.6. The molecule has 0 aromatic rings. The van der Waals surface area contributed by atoms with Crippen molar-refractivity contribution in [3.05, 3.63) is 0 Å². The van der Waals surface area contributed by atoms with Crippen molar-refractivity contribution in [3.63, 3.8) is 0 Å². The number of esters is 2. The van der Waals surface area contributed by atoms with Crippen molar-refractivity contribution < 1.29 is 33.4 Å². The molecule has 2 amide bonds. The molecule has 3 atom stereocenters. The summed E-state index contributed by atoms with van der Waals surface area (Å²) in [6.07, 6.45) is 4.57. The van der Waals surface area contributed by atoms with Gasteiger partial charge in [0.2, 0.25) is 11.8 Å². The second kappa shape index (κ2) is 11.5. The molecule has 0 spiro atoms. The number of carbonyl (C=O) groups is 5. The van der Waals surface area contributed by atoms with Crippen LogP contribution in [0.3, 0.4) is 0 Å². The van der Waals surface area contributed by atoms with E-state index in [1.165, 1.54) is 12.0 Å². The highest BCUT2D eigenvalue weighted by molar-refractivity contribution is 6.00. The zero-order chi connectivity index (χ0) is 26.6. The van der Waals surface area contributed by atoms with Crippen LogP contribution >= 0.6 is 0 Å². The van der Waals surface area contributed by atoms with E-state index in [-0.39, 0.29) is 37.0 Å². The number of likely N-dealkylation sites (tertiary alicyclic amines) is 1. The van der Waals surface area contributed by atoms with E-state index in [2.05, 4.69) is 5.32 Å². The lowest BCUT2D eigenvalue weighted by atomic mass is 9.77. The van der Waals surface area contributed by atoms with Gasteiger partial charge in [0, 0.05) is 6.42 Å². The van der Waals surface area contributed by atoms with Gasteiger partial charge in [-0.1, -0.05) is 40.0 Å². The minimum atomic E-state index is -1.00. The number of hydrogen-bond acceptors (Lipinski definition) is 7. The number of nitrogens with one attached hydrogen (secondary N) is 1. The van der Waals surface area contributed by atoms with Gasteiger partial charge < -0.3 is 19.7 Å². The molecule has 1 aliphatic heterocycles. The summed E-state index contributed by atoms with van der Waals surface area (Å²) < 4.78 is 10.3. The summed E-state index contributed by atoms with van der Waals surface area (Å²) in [6, 6.07) is -1.99. The van der Waals surface area contributed by atoms with Crippen molar-refractivity contribution in [1.82, 2.24) is 10.2 Å². The number of rotatable bonds is 7. The van der Waals surface area contributed by atoms with E-state index in [4.69, 9.17) is 9.47 Å². The van der Waals surface area contributed by atoms with Gasteiger partial charge in [-0.05, 0) is 44.9 Å². The second-order valence-corrected chi connectivity index (χ2v) is 11.9. The van der Waals surface area contributed by atoms with Crippen molar-refractivity contribution in [3.8, 4) is 0 Å². The SMILES string of the molecule is COC(=O)[C@@H]1CC(=O)CN1C(=O)[C@@H](NC(=O)[C@@H](CC(=O)OC(C)(C)C)C1CCCCC1)C(C)(C)C. The molecule has 1 aliphatic carbocycles. The van der Waals surface area contributed by atoms with Crippen molar-refractivity contribution in [2.24, 2.45) is 17.3 Å². The molecule has 1 saturated heterocycles. The molecule has 0 unspecified atom stereocenters. The predicted octanol–water partition coefficient (Wildman–Crippen LogP) is 2.79. The highest BCUT2D eigenvalue weighted by Crippen LogP contribution is 2.34. The van der Waals surface area contributed by atoms with E-state index < -0.39 is 46.9 Å². The standard InChI is InChI=1S/C26H42N2O7/c1-25(2,3)21(23(32)28-15-17(29)13-19(28)24(33)34-7)27-22(31)18(16-11-9-8-10-12-16)14-20(30)35-26(4,5)6/h16,18-19,21H,8-15H2,1-7H3,(H,27,31)/t18-,19-,21+/m0/s1. The van der Waals surface area contributed by atoms with Gasteiger partial charge in [-0.15, -0.1) is 0 Å². The fraction of sp³-hybridized carbons (Fsp3) is 0.808.